The lowest BCUT2D eigenvalue weighted by Gasteiger charge is -2.44. The molecule has 3 heterocycles. The molecule has 1 saturated heterocycles. The first kappa shape index (κ1) is 22.1. The lowest BCUT2D eigenvalue weighted by molar-refractivity contribution is -0.198. The Bertz CT molecular complexity index is 1140. The van der Waals surface area contributed by atoms with E-state index in [2.05, 4.69) is 13.8 Å². The maximum atomic E-state index is 14.9. The third-order valence-electron chi connectivity index (χ3n) is 6.85. The summed E-state index contributed by atoms with van der Waals surface area (Å²) in [5.74, 6) is 0.172. The van der Waals surface area contributed by atoms with E-state index in [1.54, 1.807) is 32.2 Å². The van der Waals surface area contributed by atoms with Crippen LogP contribution in [0, 0.1) is 24.5 Å². The van der Waals surface area contributed by atoms with Crippen molar-refractivity contribution < 1.29 is 23.1 Å². The second-order valence-electron chi connectivity index (χ2n) is 9.86. The lowest BCUT2D eigenvalue weighted by Crippen LogP contribution is -2.46. The van der Waals surface area contributed by atoms with E-state index < -0.39 is 17.4 Å². The van der Waals surface area contributed by atoms with Crippen LogP contribution in [-0.2, 0) is 15.3 Å². The Kier molecular flexibility index (Phi) is 5.14. The minimum atomic E-state index is -1.09. The molecule has 0 amide bonds. The van der Waals surface area contributed by atoms with Crippen LogP contribution in [-0.4, -0.2) is 36.4 Å². The molecule has 2 N–H and O–H groups in total. The van der Waals surface area contributed by atoms with Crippen LogP contribution in [0.2, 0.25) is 0 Å². The van der Waals surface area contributed by atoms with Gasteiger partial charge >= 0.3 is 0 Å². The Morgan fingerprint density at radius 2 is 1.94 bits per heavy atom. The van der Waals surface area contributed by atoms with Crippen LogP contribution in [0.4, 0.5) is 8.78 Å². The molecular formula is C25H29F2N3O3. The average molecular weight is 458 g/mol. The fourth-order valence-corrected chi connectivity index (χ4v) is 5.23. The van der Waals surface area contributed by atoms with Crippen LogP contribution >= 0.6 is 0 Å². The average Bonchev–Trinajstić information content (AvgIpc) is 3.03. The molecule has 0 aromatic heterocycles. The monoisotopic (exact) mass is 457 g/mol. The van der Waals surface area contributed by atoms with Crippen molar-refractivity contribution in [2.24, 2.45) is 16.6 Å². The summed E-state index contributed by atoms with van der Waals surface area (Å²) in [5, 5.41) is 1.44. The zero-order chi connectivity index (χ0) is 23.5. The summed E-state index contributed by atoms with van der Waals surface area (Å²) in [6, 6.07) is 7.68. The zero-order valence-corrected chi connectivity index (χ0v) is 19.3. The van der Waals surface area contributed by atoms with Gasteiger partial charge in [0.05, 0.1) is 11.2 Å². The van der Waals surface area contributed by atoms with Gasteiger partial charge in [0.2, 0.25) is 11.7 Å². The first-order chi connectivity index (χ1) is 15.6. The summed E-state index contributed by atoms with van der Waals surface area (Å²) in [6.07, 6.45) is 2.03. The van der Waals surface area contributed by atoms with Crippen LogP contribution in [0.1, 0.15) is 44.2 Å². The van der Waals surface area contributed by atoms with Gasteiger partial charge in [0.25, 0.3) is 0 Å². The van der Waals surface area contributed by atoms with Crippen molar-refractivity contribution in [1.29, 1.82) is 0 Å². The maximum Gasteiger partial charge on any atom is 0.221 e. The summed E-state index contributed by atoms with van der Waals surface area (Å²) in [4.78, 5) is 10.9. The van der Waals surface area contributed by atoms with Crippen molar-refractivity contribution in [3.8, 4) is 16.9 Å². The molecule has 5 rings (SSSR count). The highest BCUT2D eigenvalue weighted by atomic mass is 19.1. The zero-order valence-electron chi connectivity index (χ0n) is 19.3. The summed E-state index contributed by atoms with van der Waals surface area (Å²) >= 11 is 0. The van der Waals surface area contributed by atoms with Crippen molar-refractivity contribution in [2.45, 2.75) is 57.5 Å². The quantitative estimate of drug-likeness (QED) is 0.712. The Morgan fingerprint density at radius 3 is 2.64 bits per heavy atom. The number of hydrogen-bond donors (Lipinski definition) is 1. The Hall–Kier alpha value is -2.71. The summed E-state index contributed by atoms with van der Waals surface area (Å²) in [5.41, 5.74) is 6.38. The molecule has 3 unspecified atom stereocenters. The Morgan fingerprint density at radius 1 is 1.15 bits per heavy atom. The highest BCUT2D eigenvalue weighted by Crippen LogP contribution is 2.50. The molecule has 0 saturated carbocycles. The number of rotatable bonds is 2. The Balaban J connectivity index is 1.59. The molecule has 8 heteroatoms. The fraction of sp³-hybridized carbons (Fsp3) is 0.480. The van der Waals surface area contributed by atoms with Crippen molar-refractivity contribution in [3.05, 3.63) is 53.1 Å². The first-order valence-electron chi connectivity index (χ1n) is 11.3. The number of hydroxylamine groups is 2. The maximum absolute atomic E-state index is 14.9. The number of fused-ring (bicyclic) bond motifs is 2. The van der Waals surface area contributed by atoms with Crippen molar-refractivity contribution in [3.63, 3.8) is 0 Å². The first-order valence-corrected chi connectivity index (χ1v) is 11.3. The lowest BCUT2D eigenvalue weighted by atomic mass is 9.79. The number of nitrogens with two attached hydrogens (primary N) is 1. The van der Waals surface area contributed by atoms with Crippen LogP contribution in [0.25, 0.3) is 11.1 Å². The molecule has 176 valence electrons. The summed E-state index contributed by atoms with van der Waals surface area (Å²) in [6.45, 7) is 6.39. The standard InChI is InChI=1S/C25H29F2N3O3/c1-14-9-17(26)11-18(22(14)27)15-5-6-20-19(10-15)25(29-23(28)30(4)33-25)13-21(32-20)16-7-8-31-24(2,3)12-16/h5-6,9-11,16,21H,7-8,12-13H2,1-4H3,(H2,28,29). The number of benzene rings is 2. The van der Waals surface area contributed by atoms with E-state index in [1.165, 1.54) is 17.2 Å². The molecular weight excluding hydrogens is 428 g/mol. The van der Waals surface area contributed by atoms with Gasteiger partial charge in [-0.15, -0.1) is 0 Å². The molecule has 0 bridgehead atoms. The number of aliphatic imine (C=N–C) groups is 1. The second kappa shape index (κ2) is 7.67. The van der Waals surface area contributed by atoms with E-state index >= 15 is 0 Å². The predicted octanol–water partition coefficient (Wildman–Crippen LogP) is 4.64. The van der Waals surface area contributed by atoms with E-state index in [1.807, 2.05) is 0 Å². The number of hydrogen-bond acceptors (Lipinski definition) is 6. The van der Waals surface area contributed by atoms with Gasteiger partial charge < -0.3 is 15.2 Å². The molecule has 1 spiro atoms. The molecule has 2 aromatic carbocycles. The van der Waals surface area contributed by atoms with Crippen LogP contribution in [0.3, 0.4) is 0 Å². The molecule has 3 aliphatic rings. The number of halogens is 2. The SMILES string of the molecule is Cc1cc(F)cc(-c2ccc3c(c2)C2(CC(C4CCOC(C)(C)C4)O3)N=C(N)N(C)O2)c1F. The van der Waals surface area contributed by atoms with E-state index in [4.69, 9.17) is 25.0 Å². The minimum absolute atomic E-state index is 0.150. The Labute approximate surface area is 192 Å². The van der Waals surface area contributed by atoms with E-state index in [-0.39, 0.29) is 34.7 Å². The van der Waals surface area contributed by atoms with Crippen molar-refractivity contribution >= 4 is 5.96 Å². The highest BCUT2D eigenvalue weighted by molar-refractivity contribution is 5.79. The van der Waals surface area contributed by atoms with Crippen LogP contribution in [0.15, 0.2) is 35.3 Å². The van der Waals surface area contributed by atoms with Crippen LogP contribution in [0.5, 0.6) is 5.75 Å². The van der Waals surface area contributed by atoms with Gasteiger partial charge in [0.1, 0.15) is 23.5 Å². The second-order valence-corrected chi connectivity index (χ2v) is 9.86. The van der Waals surface area contributed by atoms with E-state index in [0.717, 1.165) is 12.8 Å². The molecule has 33 heavy (non-hydrogen) atoms. The number of ether oxygens (including phenoxy) is 2. The summed E-state index contributed by atoms with van der Waals surface area (Å²) in [7, 11) is 1.70. The third-order valence-corrected chi connectivity index (χ3v) is 6.85. The van der Waals surface area contributed by atoms with E-state index in [9.17, 15) is 8.78 Å². The normalized spacial score (nSPS) is 28.4. The molecule has 3 aliphatic heterocycles. The predicted molar refractivity (Wildman–Crippen MR) is 120 cm³/mol. The van der Waals surface area contributed by atoms with Gasteiger partial charge in [-0.05, 0) is 69.0 Å². The highest BCUT2D eigenvalue weighted by Gasteiger charge is 2.51. The van der Waals surface area contributed by atoms with Gasteiger partial charge in [-0.3, -0.25) is 0 Å². The van der Waals surface area contributed by atoms with Crippen molar-refractivity contribution in [1.82, 2.24) is 5.06 Å². The van der Waals surface area contributed by atoms with Gasteiger partial charge in [0.15, 0.2) is 0 Å². The molecule has 0 radical (unpaired) electrons. The molecule has 3 atom stereocenters. The van der Waals surface area contributed by atoms with Gasteiger partial charge in [-0.2, -0.15) is 0 Å². The van der Waals surface area contributed by atoms with Gasteiger partial charge in [-0.25, -0.2) is 23.7 Å². The topological polar surface area (TPSA) is 69.3 Å². The number of aryl methyl sites for hydroxylation is 1. The molecule has 2 aromatic rings. The minimum Gasteiger partial charge on any atom is -0.489 e. The number of guanidine groups is 1. The molecule has 1 fully saturated rings. The van der Waals surface area contributed by atoms with E-state index in [0.29, 0.717) is 29.9 Å². The summed E-state index contributed by atoms with van der Waals surface area (Å²) < 4.78 is 41.3. The molecule has 0 aliphatic carbocycles. The van der Waals surface area contributed by atoms with Gasteiger partial charge in [0, 0.05) is 31.6 Å². The largest absolute Gasteiger partial charge is 0.489 e. The van der Waals surface area contributed by atoms with Gasteiger partial charge in [-0.1, -0.05) is 6.07 Å². The van der Waals surface area contributed by atoms with Crippen molar-refractivity contribution in [2.75, 3.05) is 13.7 Å². The molecule has 6 nitrogen and oxygen atoms in total. The smallest absolute Gasteiger partial charge is 0.221 e. The number of nitrogens with zero attached hydrogens (tertiary/aromatic N) is 2. The fourth-order valence-electron chi connectivity index (χ4n) is 5.23. The van der Waals surface area contributed by atoms with Crippen LogP contribution < -0.4 is 10.5 Å². The third kappa shape index (κ3) is 3.85.